The van der Waals surface area contributed by atoms with Crippen LogP contribution in [0.15, 0.2) is 35.7 Å². The van der Waals surface area contributed by atoms with Gasteiger partial charge in [0.25, 0.3) is 5.91 Å². The number of aryl methyl sites for hydroxylation is 1. The van der Waals surface area contributed by atoms with Crippen molar-refractivity contribution in [1.29, 1.82) is 0 Å². The highest BCUT2D eigenvalue weighted by atomic mass is 32.1. The molecular weight excluding hydrogens is 322 g/mol. The molecule has 1 N–H and O–H groups in total. The first-order valence-electron chi connectivity index (χ1n) is 8.19. The summed E-state index contributed by atoms with van der Waals surface area (Å²) in [5, 5.41) is 5.14. The fourth-order valence-corrected chi connectivity index (χ4v) is 3.98. The van der Waals surface area contributed by atoms with Crippen LogP contribution in [0.2, 0.25) is 0 Å². The van der Waals surface area contributed by atoms with Crippen molar-refractivity contribution in [1.82, 2.24) is 5.32 Å². The summed E-state index contributed by atoms with van der Waals surface area (Å²) in [5.41, 5.74) is 2.28. The first kappa shape index (κ1) is 17.0. The lowest BCUT2D eigenvalue weighted by Gasteiger charge is -2.38. The summed E-state index contributed by atoms with van der Waals surface area (Å²) in [4.78, 5) is 13.2. The molecule has 3 rings (SSSR count). The minimum atomic E-state index is -0.0769. The van der Waals surface area contributed by atoms with Crippen molar-refractivity contribution in [2.45, 2.75) is 25.2 Å². The molecule has 5 heteroatoms. The van der Waals surface area contributed by atoms with Crippen LogP contribution < -0.4 is 10.1 Å². The third-order valence-electron chi connectivity index (χ3n) is 4.69. The summed E-state index contributed by atoms with van der Waals surface area (Å²) in [6, 6.07) is 10.1. The number of rotatable bonds is 5. The molecule has 1 saturated heterocycles. The zero-order chi connectivity index (χ0) is 17.0. The summed E-state index contributed by atoms with van der Waals surface area (Å²) < 4.78 is 10.8. The Morgan fingerprint density at radius 2 is 2.00 bits per heavy atom. The third kappa shape index (κ3) is 3.62. The number of thiophene rings is 1. The molecule has 1 aliphatic heterocycles. The molecule has 4 nitrogen and oxygen atoms in total. The first-order valence-corrected chi connectivity index (χ1v) is 9.06. The molecular formula is C19H23NO3S. The summed E-state index contributed by atoms with van der Waals surface area (Å²) in [5.74, 6) is 0.853. The molecule has 24 heavy (non-hydrogen) atoms. The first-order chi connectivity index (χ1) is 11.6. The molecule has 1 aliphatic rings. The second-order valence-electron chi connectivity index (χ2n) is 6.29. The van der Waals surface area contributed by atoms with E-state index in [-0.39, 0.29) is 11.3 Å². The minimum absolute atomic E-state index is 0.00692. The number of carbonyl (C=O) groups is 1. The zero-order valence-electron chi connectivity index (χ0n) is 14.1. The Bertz CT molecular complexity index is 687. The lowest BCUT2D eigenvalue weighted by atomic mass is 9.74. The predicted octanol–water partition coefficient (Wildman–Crippen LogP) is 3.54. The fraction of sp³-hybridized carbons (Fsp3) is 0.421. The van der Waals surface area contributed by atoms with Crippen molar-refractivity contribution in [3.63, 3.8) is 0 Å². The molecule has 1 fully saturated rings. The van der Waals surface area contributed by atoms with Crippen molar-refractivity contribution in [2.75, 3.05) is 26.9 Å². The Balaban J connectivity index is 1.76. The lowest BCUT2D eigenvalue weighted by molar-refractivity contribution is 0.0487. The number of amides is 1. The average molecular weight is 345 g/mol. The van der Waals surface area contributed by atoms with Crippen LogP contribution in [-0.4, -0.2) is 32.8 Å². The molecule has 0 saturated carbocycles. The maximum atomic E-state index is 12.4. The van der Waals surface area contributed by atoms with E-state index in [2.05, 4.69) is 17.4 Å². The summed E-state index contributed by atoms with van der Waals surface area (Å²) >= 11 is 1.49. The Kier molecular flexibility index (Phi) is 5.21. The number of ether oxygens (including phenoxy) is 2. The molecule has 2 heterocycles. The normalized spacial score (nSPS) is 16.6. The van der Waals surface area contributed by atoms with Crippen LogP contribution in [-0.2, 0) is 10.2 Å². The predicted molar refractivity (Wildman–Crippen MR) is 96.1 cm³/mol. The SMILES string of the molecule is COc1ccc(C2(CNC(=O)c3cc(C)cs3)CCOCC2)cc1. The Morgan fingerprint density at radius 1 is 1.29 bits per heavy atom. The third-order valence-corrected chi connectivity index (χ3v) is 5.74. The van der Waals surface area contributed by atoms with Crippen molar-refractivity contribution in [2.24, 2.45) is 0 Å². The van der Waals surface area contributed by atoms with E-state index in [1.165, 1.54) is 16.9 Å². The van der Waals surface area contributed by atoms with Gasteiger partial charge in [-0.05, 0) is 54.5 Å². The van der Waals surface area contributed by atoms with Gasteiger partial charge in [0.1, 0.15) is 5.75 Å². The molecule has 0 radical (unpaired) electrons. The molecule has 1 aromatic heterocycles. The van der Waals surface area contributed by atoms with Crippen LogP contribution in [0.5, 0.6) is 5.75 Å². The number of methoxy groups -OCH3 is 1. The molecule has 0 aliphatic carbocycles. The Hall–Kier alpha value is -1.85. The van der Waals surface area contributed by atoms with Gasteiger partial charge in [-0.3, -0.25) is 4.79 Å². The van der Waals surface area contributed by atoms with Gasteiger partial charge in [-0.25, -0.2) is 0 Å². The Labute approximate surface area is 146 Å². The largest absolute Gasteiger partial charge is 0.497 e. The standard InChI is InChI=1S/C19H23NO3S/c1-14-11-17(24-12-14)18(21)20-13-19(7-9-23-10-8-19)15-3-5-16(22-2)6-4-15/h3-6,11-12H,7-10,13H2,1-2H3,(H,20,21). The maximum absolute atomic E-state index is 12.4. The van der Waals surface area contributed by atoms with Gasteiger partial charge in [-0.1, -0.05) is 12.1 Å². The van der Waals surface area contributed by atoms with E-state index in [0.29, 0.717) is 6.54 Å². The van der Waals surface area contributed by atoms with E-state index >= 15 is 0 Å². The topological polar surface area (TPSA) is 47.6 Å². The van der Waals surface area contributed by atoms with Gasteiger partial charge >= 0.3 is 0 Å². The quantitative estimate of drug-likeness (QED) is 0.901. The second-order valence-corrected chi connectivity index (χ2v) is 7.20. The minimum Gasteiger partial charge on any atom is -0.497 e. The van der Waals surface area contributed by atoms with Crippen LogP contribution >= 0.6 is 11.3 Å². The molecule has 0 unspecified atom stereocenters. The van der Waals surface area contributed by atoms with Gasteiger partial charge in [-0.2, -0.15) is 0 Å². The number of hydrogen-bond donors (Lipinski definition) is 1. The molecule has 2 aromatic rings. The highest BCUT2D eigenvalue weighted by Gasteiger charge is 2.35. The van der Waals surface area contributed by atoms with E-state index in [0.717, 1.165) is 42.2 Å². The average Bonchev–Trinajstić information content (AvgIpc) is 3.07. The van der Waals surface area contributed by atoms with E-state index in [9.17, 15) is 4.79 Å². The highest BCUT2D eigenvalue weighted by molar-refractivity contribution is 7.12. The Morgan fingerprint density at radius 3 is 2.58 bits per heavy atom. The van der Waals surface area contributed by atoms with Crippen LogP contribution in [0.1, 0.15) is 33.6 Å². The van der Waals surface area contributed by atoms with E-state index in [4.69, 9.17) is 9.47 Å². The monoisotopic (exact) mass is 345 g/mol. The van der Waals surface area contributed by atoms with E-state index < -0.39 is 0 Å². The molecule has 1 aromatic carbocycles. The summed E-state index contributed by atoms with van der Waals surface area (Å²) in [6.07, 6.45) is 1.81. The van der Waals surface area contributed by atoms with E-state index in [1.54, 1.807) is 7.11 Å². The van der Waals surface area contributed by atoms with Crippen molar-refractivity contribution in [3.8, 4) is 5.75 Å². The number of hydrogen-bond acceptors (Lipinski definition) is 4. The molecule has 0 atom stereocenters. The smallest absolute Gasteiger partial charge is 0.261 e. The van der Waals surface area contributed by atoms with Crippen LogP contribution in [0, 0.1) is 6.92 Å². The van der Waals surface area contributed by atoms with Crippen LogP contribution in [0.3, 0.4) is 0 Å². The lowest BCUT2D eigenvalue weighted by Crippen LogP contribution is -2.44. The number of nitrogens with one attached hydrogen (secondary N) is 1. The molecule has 128 valence electrons. The van der Waals surface area contributed by atoms with Gasteiger partial charge < -0.3 is 14.8 Å². The molecule has 0 bridgehead atoms. The maximum Gasteiger partial charge on any atom is 0.261 e. The molecule has 0 spiro atoms. The van der Waals surface area contributed by atoms with Gasteiger partial charge in [-0.15, -0.1) is 11.3 Å². The highest BCUT2D eigenvalue weighted by Crippen LogP contribution is 2.35. The fourth-order valence-electron chi connectivity index (χ4n) is 3.16. The second kappa shape index (κ2) is 7.36. The van der Waals surface area contributed by atoms with Crippen LogP contribution in [0.25, 0.3) is 0 Å². The number of benzene rings is 1. The zero-order valence-corrected chi connectivity index (χ0v) is 14.9. The van der Waals surface area contributed by atoms with Gasteiger partial charge in [0.15, 0.2) is 0 Å². The van der Waals surface area contributed by atoms with Crippen molar-refractivity contribution < 1.29 is 14.3 Å². The van der Waals surface area contributed by atoms with Gasteiger partial charge in [0.2, 0.25) is 0 Å². The van der Waals surface area contributed by atoms with E-state index in [1.807, 2.05) is 30.5 Å². The summed E-state index contributed by atoms with van der Waals surface area (Å²) in [6.45, 7) is 4.07. The van der Waals surface area contributed by atoms with Crippen molar-refractivity contribution in [3.05, 3.63) is 51.7 Å². The molecule has 1 amide bonds. The van der Waals surface area contributed by atoms with Crippen molar-refractivity contribution >= 4 is 17.2 Å². The van der Waals surface area contributed by atoms with Gasteiger partial charge in [0.05, 0.1) is 12.0 Å². The van der Waals surface area contributed by atoms with Crippen LogP contribution in [0.4, 0.5) is 0 Å². The number of carbonyl (C=O) groups excluding carboxylic acids is 1. The summed E-state index contributed by atoms with van der Waals surface area (Å²) in [7, 11) is 1.67. The van der Waals surface area contributed by atoms with Gasteiger partial charge in [0, 0.05) is 25.2 Å².